The predicted molar refractivity (Wildman–Crippen MR) is 99.0 cm³/mol. The quantitative estimate of drug-likeness (QED) is 0.711. The van der Waals surface area contributed by atoms with E-state index in [4.69, 9.17) is 5.26 Å². The maximum absolute atomic E-state index is 8.67. The highest BCUT2D eigenvalue weighted by atomic mass is 32.2. The smallest absolute Gasteiger partial charge is 0.130 e. The monoisotopic (exact) mass is 327 g/mol. The van der Waals surface area contributed by atoms with E-state index in [-0.39, 0.29) is 0 Å². The van der Waals surface area contributed by atoms with E-state index >= 15 is 0 Å². The van der Waals surface area contributed by atoms with Crippen LogP contribution in [-0.2, 0) is 0 Å². The molecule has 3 nitrogen and oxygen atoms in total. The van der Waals surface area contributed by atoms with Crippen molar-refractivity contribution in [3.8, 4) is 6.07 Å². The molecule has 2 aliphatic rings. The molecule has 0 saturated heterocycles. The standard InChI is InChI=1S/C11H9N3S.C8H16/c1-8-14(2)13-11(15-8)10-5-3-9(7-12)4-6-10;1-7-3-5-8(2)6-4-7/h3-6H,1H2,2H3;7-8H,3-6H2,1-2H3. The van der Waals surface area contributed by atoms with Gasteiger partial charge in [-0.2, -0.15) is 10.4 Å². The van der Waals surface area contributed by atoms with Gasteiger partial charge in [0.1, 0.15) is 5.04 Å². The van der Waals surface area contributed by atoms with Crippen LogP contribution in [0.3, 0.4) is 0 Å². The van der Waals surface area contributed by atoms with Gasteiger partial charge in [0.05, 0.1) is 16.7 Å². The van der Waals surface area contributed by atoms with Crippen LogP contribution in [0.25, 0.3) is 0 Å². The second-order valence-corrected chi connectivity index (χ2v) is 7.54. The average molecular weight is 327 g/mol. The number of rotatable bonds is 1. The van der Waals surface area contributed by atoms with Crippen LogP contribution < -0.4 is 0 Å². The second-order valence-electron chi connectivity index (χ2n) is 6.48. The third-order valence-corrected chi connectivity index (χ3v) is 5.39. The van der Waals surface area contributed by atoms with E-state index in [9.17, 15) is 0 Å². The van der Waals surface area contributed by atoms with Gasteiger partial charge in [0, 0.05) is 12.6 Å². The molecule has 1 aromatic rings. The van der Waals surface area contributed by atoms with Crippen LogP contribution >= 0.6 is 11.8 Å². The van der Waals surface area contributed by atoms with Gasteiger partial charge >= 0.3 is 0 Å². The van der Waals surface area contributed by atoms with E-state index in [0.29, 0.717) is 5.56 Å². The fraction of sp³-hybridized carbons (Fsp3) is 0.474. The molecule has 1 aliphatic heterocycles. The number of hydrogen-bond acceptors (Lipinski definition) is 4. The zero-order chi connectivity index (χ0) is 16.8. The zero-order valence-electron chi connectivity index (χ0n) is 14.2. The Morgan fingerprint density at radius 3 is 2.04 bits per heavy atom. The highest BCUT2D eigenvalue weighted by molar-refractivity contribution is 8.17. The van der Waals surface area contributed by atoms with Gasteiger partial charge in [-0.3, -0.25) is 5.01 Å². The predicted octanol–water partition coefficient (Wildman–Crippen LogP) is 5.20. The molecule has 1 saturated carbocycles. The van der Waals surface area contributed by atoms with E-state index < -0.39 is 0 Å². The highest BCUT2D eigenvalue weighted by Crippen LogP contribution is 2.30. The summed E-state index contributed by atoms with van der Waals surface area (Å²) in [6.45, 7) is 8.60. The largest absolute Gasteiger partial charge is 0.261 e. The number of benzene rings is 1. The van der Waals surface area contributed by atoms with E-state index in [2.05, 4.69) is 31.6 Å². The van der Waals surface area contributed by atoms with Gasteiger partial charge in [-0.1, -0.05) is 58.2 Å². The van der Waals surface area contributed by atoms with Crippen LogP contribution in [0.1, 0.15) is 50.7 Å². The van der Waals surface area contributed by atoms with E-state index in [0.717, 1.165) is 27.5 Å². The Kier molecular flexibility index (Phi) is 6.29. The molecule has 0 amide bonds. The molecule has 1 fully saturated rings. The highest BCUT2D eigenvalue weighted by Gasteiger charge is 2.17. The molecule has 0 N–H and O–H groups in total. The Morgan fingerprint density at radius 1 is 1.13 bits per heavy atom. The van der Waals surface area contributed by atoms with Crippen molar-refractivity contribution in [3.63, 3.8) is 0 Å². The Bertz CT molecular complexity index is 594. The molecule has 4 heteroatoms. The Balaban J connectivity index is 0.000000203. The summed E-state index contributed by atoms with van der Waals surface area (Å²) in [5.74, 6) is 2.04. The summed E-state index contributed by atoms with van der Waals surface area (Å²) >= 11 is 1.54. The average Bonchev–Trinajstić information content (AvgIpc) is 2.90. The van der Waals surface area contributed by atoms with Crippen LogP contribution in [0.2, 0.25) is 0 Å². The topological polar surface area (TPSA) is 39.4 Å². The maximum Gasteiger partial charge on any atom is 0.130 e. The molecule has 0 atom stereocenters. The Hall–Kier alpha value is -1.73. The van der Waals surface area contributed by atoms with Gasteiger partial charge in [0.15, 0.2) is 0 Å². The summed E-state index contributed by atoms with van der Waals surface area (Å²) in [4.78, 5) is 0. The lowest BCUT2D eigenvalue weighted by Gasteiger charge is -2.22. The second kappa shape index (κ2) is 8.21. The molecule has 3 rings (SSSR count). The van der Waals surface area contributed by atoms with Crippen LogP contribution in [0.4, 0.5) is 0 Å². The number of nitriles is 1. The Morgan fingerprint density at radius 2 is 1.65 bits per heavy atom. The molecule has 1 aliphatic carbocycles. The molecule has 23 heavy (non-hydrogen) atoms. The fourth-order valence-corrected chi connectivity index (χ4v) is 3.43. The van der Waals surface area contributed by atoms with Crippen molar-refractivity contribution in [2.75, 3.05) is 7.05 Å². The summed E-state index contributed by atoms with van der Waals surface area (Å²) in [5, 5.41) is 16.6. The van der Waals surface area contributed by atoms with Crippen molar-refractivity contribution < 1.29 is 0 Å². The summed E-state index contributed by atoms with van der Waals surface area (Å²) in [7, 11) is 1.87. The van der Waals surface area contributed by atoms with Gasteiger partial charge in [-0.25, -0.2) is 0 Å². The number of nitrogens with zero attached hydrogens (tertiary/aromatic N) is 3. The van der Waals surface area contributed by atoms with Crippen molar-refractivity contribution >= 4 is 16.8 Å². The molecule has 0 bridgehead atoms. The van der Waals surface area contributed by atoms with Crippen LogP contribution in [0.15, 0.2) is 41.0 Å². The lowest BCUT2D eigenvalue weighted by Crippen LogP contribution is -2.08. The normalized spacial score (nSPS) is 23.7. The van der Waals surface area contributed by atoms with Gasteiger partial charge in [-0.15, -0.1) is 0 Å². The van der Waals surface area contributed by atoms with Crippen molar-refractivity contribution in [2.45, 2.75) is 39.5 Å². The van der Waals surface area contributed by atoms with Gasteiger partial charge in [0.2, 0.25) is 0 Å². The van der Waals surface area contributed by atoms with Gasteiger partial charge < -0.3 is 0 Å². The van der Waals surface area contributed by atoms with Gasteiger partial charge in [-0.05, 0) is 35.7 Å². The van der Waals surface area contributed by atoms with E-state index in [1.807, 2.05) is 19.2 Å². The molecular formula is C19H25N3S. The minimum Gasteiger partial charge on any atom is -0.261 e. The lowest BCUT2D eigenvalue weighted by molar-refractivity contribution is 0.308. The van der Waals surface area contributed by atoms with Crippen LogP contribution in [0, 0.1) is 23.2 Å². The molecule has 0 radical (unpaired) electrons. The van der Waals surface area contributed by atoms with Crippen molar-refractivity contribution in [3.05, 3.63) is 47.0 Å². The summed E-state index contributed by atoms with van der Waals surface area (Å²) < 4.78 is 0. The first-order valence-electron chi connectivity index (χ1n) is 8.19. The first kappa shape index (κ1) is 17.6. The van der Waals surface area contributed by atoms with Crippen LogP contribution in [-0.4, -0.2) is 17.1 Å². The van der Waals surface area contributed by atoms with E-state index in [1.54, 1.807) is 17.1 Å². The van der Waals surface area contributed by atoms with Crippen molar-refractivity contribution in [1.29, 1.82) is 5.26 Å². The Labute approximate surface area is 144 Å². The molecule has 0 spiro atoms. The summed E-state index contributed by atoms with van der Waals surface area (Å²) in [5.41, 5.74) is 1.68. The summed E-state index contributed by atoms with van der Waals surface area (Å²) in [6.07, 6.45) is 5.89. The molecular weight excluding hydrogens is 302 g/mol. The lowest BCUT2D eigenvalue weighted by atomic mass is 9.84. The number of hydrogen-bond donors (Lipinski definition) is 0. The molecule has 122 valence electrons. The van der Waals surface area contributed by atoms with Crippen molar-refractivity contribution in [1.82, 2.24) is 5.01 Å². The zero-order valence-corrected chi connectivity index (χ0v) is 15.1. The SMILES string of the molecule is C=C1SC(c2ccc(C#N)cc2)=NN1C.CC1CCC(C)CC1. The number of hydrazone groups is 1. The van der Waals surface area contributed by atoms with Crippen molar-refractivity contribution in [2.24, 2.45) is 16.9 Å². The minimum absolute atomic E-state index is 0.662. The third kappa shape index (κ3) is 5.14. The molecule has 1 heterocycles. The number of thioether (sulfide) groups is 1. The summed E-state index contributed by atoms with van der Waals surface area (Å²) in [6, 6.07) is 9.47. The van der Waals surface area contributed by atoms with E-state index in [1.165, 1.54) is 37.4 Å². The van der Waals surface area contributed by atoms with Crippen LogP contribution in [0.5, 0.6) is 0 Å². The molecule has 1 aromatic carbocycles. The molecule has 0 unspecified atom stereocenters. The first-order valence-corrected chi connectivity index (χ1v) is 9.01. The maximum atomic E-state index is 8.67. The first-order chi connectivity index (χ1) is 11.0. The third-order valence-electron chi connectivity index (χ3n) is 4.38. The minimum atomic E-state index is 0.662. The fourth-order valence-electron chi connectivity index (χ4n) is 2.62. The van der Waals surface area contributed by atoms with Gasteiger partial charge in [0.25, 0.3) is 0 Å². The molecule has 0 aromatic heterocycles.